The summed E-state index contributed by atoms with van der Waals surface area (Å²) in [7, 11) is 10.1. The molecule has 0 bridgehead atoms. The Morgan fingerprint density at radius 3 is 0.821 bits per heavy atom. The number of halogens is 2. The molecular formula is C30H36Cl2N7+3. The lowest BCUT2D eigenvalue weighted by Gasteiger charge is -2.23. The summed E-state index contributed by atoms with van der Waals surface area (Å²) in [4.78, 5) is 2.25. The van der Waals surface area contributed by atoms with Crippen molar-refractivity contribution in [1.82, 2.24) is 0 Å². The molecule has 5 aromatic heterocycles. The molecule has 0 unspecified atom stereocenters. The van der Waals surface area contributed by atoms with Crippen LogP contribution in [0.2, 0.25) is 0 Å². The highest BCUT2D eigenvalue weighted by molar-refractivity contribution is 5.75. The Labute approximate surface area is 243 Å². The highest BCUT2D eigenvalue weighted by Crippen LogP contribution is 2.32. The fraction of sp³-hybridized carbons (Fsp3) is 0.167. The van der Waals surface area contributed by atoms with E-state index in [0.29, 0.717) is 0 Å². The van der Waals surface area contributed by atoms with E-state index in [1.165, 1.54) is 0 Å². The molecule has 5 heterocycles. The third-order valence-electron chi connectivity index (χ3n) is 5.90. The highest BCUT2D eigenvalue weighted by Gasteiger charge is 2.15. The Kier molecular flexibility index (Phi) is 11.8. The largest absolute Gasteiger partial charge is 1.00 e. The number of nitrogens with zero attached hydrogens (tertiary/aromatic N) is 6. The number of hydrogen-bond acceptors (Lipinski definition) is 2. The number of aryl methyl sites for hydroxylation is 5. The van der Waals surface area contributed by atoms with Crippen molar-refractivity contribution in [2.45, 2.75) is 0 Å². The molecule has 5 rings (SSSR count). The second-order valence-corrected chi connectivity index (χ2v) is 9.13. The second-order valence-electron chi connectivity index (χ2n) is 9.13. The van der Waals surface area contributed by atoms with Crippen LogP contribution < -0.4 is 57.9 Å². The molecule has 39 heavy (non-hydrogen) atoms. The zero-order valence-electron chi connectivity index (χ0n) is 23.0. The number of nitrogens with one attached hydrogen (secondary N) is 1. The van der Waals surface area contributed by atoms with Crippen LogP contribution in [0.25, 0.3) is 0 Å². The zero-order chi connectivity index (χ0) is 26.2. The quantitative estimate of drug-likeness (QED) is 0.227. The van der Waals surface area contributed by atoms with E-state index < -0.39 is 0 Å². The molecule has 0 atom stereocenters. The Bertz CT molecular complexity index is 1260. The maximum absolute atomic E-state index is 3.33. The van der Waals surface area contributed by atoms with Gasteiger partial charge in [0.05, 0.1) is 28.4 Å². The Morgan fingerprint density at radius 2 is 0.590 bits per heavy atom. The molecule has 0 saturated heterocycles. The summed E-state index contributed by atoms with van der Waals surface area (Å²) in [6.07, 6.45) is 20.5. The monoisotopic (exact) mass is 564 g/mol. The predicted molar refractivity (Wildman–Crippen MR) is 143 cm³/mol. The molecule has 202 valence electrons. The van der Waals surface area contributed by atoms with Gasteiger partial charge in [0.25, 0.3) is 0 Å². The van der Waals surface area contributed by atoms with Gasteiger partial charge in [-0.25, -0.2) is 22.8 Å². The van der Waals surface area contributed by atoms with Crippen molar-refractivity contribution in [2.75, 3.05) is 10.2 Å². The SMILES string of the molecule is C[n+]1ccc(N(c2cc[n+](C)cc2)c2cc[n+](C)cc2)cc1.C[n+]1ccc(Nc2cc[n+](C)cc2)cc1.[Cl-].[Cl-]. The molecule has 0 aromatic carbocycles. The first kappa shape index (κ1) is 31.1. The molecule has 0 fully saturated rings. The summed E-state index contributed by atoms with van der Waals surface area (Å²) in [5.74, 6) is 0. The molecule has 7 nitrogen and oxygen atoms in total. The molecule has 0 spiro atoms. The number of hydrogen-bond donors (Lipinski definition) is 1. The van der Waals surface area contributed by atoms with Gasteiger partial charge in [0.2, 0.25) is 0 Å². The van der Waals surface area contributed by atoms with Crippen LogP contribution in [0.1, 0.15) is 0 Å². The van der Waals surface area contributed by atoms with E-state index in [2.05, 4.69) is 83.8 Å². The van der Waals surface area contributed by atoms with Gasteiger partial charge in [-0.3, -0.25) is 0 Å². The van der Waals surface area contributed by atoms with E-state index in [1.54, 1.807) is 0 Å². The van der Waals surface area contributed by atoms with Gasteiger partial charge >= 0.3 is 0 Å². The van der Waals surface area contributed by atoms with Crippen molar-refractivity contribution in [3.63, 3.8) is 0 Å². The Hall–Kier alpha value is -4.07. The first-order chi connectivity index (χ1) is 17.9. The van der Waals surface area contributed by atoms with Gasteiger partial charge in [0, 0.05) is 60.7 Å². The highest BCUT2D eigenvalue weighted by atomic mass is 35.5. The molecule has 9 heteroatoms. The van der Waals surface area contributed by atoms with E-state index >= 15 is 0 Å². The van der Waals surface area contributed by atoms with Crippen LogP contribution in [0.3, 0.4) is 0 Å². The number of aromatic nitrogens is 5. The third kappa shape index (κ3) is 9.02. The first-order valence-electron chi connectivity index (χ1n) is 12.2. The fourth-order valence-corrected chi connectivity index (χ4v) is 3.71. The van der Waals surface area contributed by atoms with Gasteiger partial charge in [-0.1, -0.05) is 0 Å². The predicted octanol–water partition coefficient (Wildman–Crippen LogP) is -3.28. The maximum Gasteiger partial charge on any atom is 0.170 e. The van der Waals surface area contributed by atoms with Crippen molar-refractivity contribution in [2.24, 2.45) is 35.2 Å². The molecule has 0 saturated carbocycles. The molecule has 0 aliphatic rings. The summed E-state index contributed by atoms with van der Waals surface area (Å²) in [5.41, 5.74) is 5.62. The lowest BCUT2D eigenvalue weighted by molar-refractivity contribution is -0.671. The van der Waals surface area contributed by atoms with E-state index in [-0.39, 0.29) is 24.8 Å². The average Bonchev–Trinajstić information content (AvgIpc) is 2.91. The van der Waals surface area contributed by atoms with Crippen molar-refractivity contribution in [3.05, 3.63) is 123 Å². The summed E-state index contributed by atoms with van der Waals surface area (Å²) in [6, 6.07) is 20.9. The average molecular weight is 566 g/mol. The summed E-state index contributed by atoms with van der Waals surface area (Å²) in [5, 5.41) is 3.33. The van der Waals surface area contributed by atoms with E-state index in [4.69, 9.17) is 0 Å². The van der Waals surface area contributed by atoms with Crippen LogP contribution in [0, 0.1) is 0 Å². The maximum atomic E-state index is 3.33. The molecule has 0 aliphatic heterocycles. The topological polar surface area (TPSA) is 34.7 Å². The van der Waals surface area contributed by atoms with Crippen LogP contribution >= 0.6 is 0 Å². The number of pyridine rings is 5. The Balaban J connectivity index is 0.000000277. The normalized spacial score (nSPS) is 9.77. The second kappa shape index (κ2) is 14.8. The minimum atomic E-state index is 0. The standard InChI is InChI=1S/C18H21N4.C12H14N3.2ClH/c1-19-10-4-16(5-11-19)22(17-6-12-20(2)13-7-17)18-8-14-21(3)15-9-18;1-14-7-3-11(4-8-14)13-12-5-9-15(2)10-6-12;;/h4-15H,1-3H3;3-10H,1-2H3;2*1H/q+3;+1;;/p-1. The number of rotatable bonds is 5. The van der Waals surface area contributed by atoms with E-state index in [1.807, 2.05) is 107 Å². The summed E-state index contributed by atoms with van der Waals surface area (Å²) in [6.45, 7) is 0. The van der Waals surface area contributed by atoms with Crippen molar-refractivity contribution in [3.8, 4) is 0 Å². The van der Waals surface area contributed by atoms with Crippen LogP contribution in [-0.2, 0) is 35.2 Å². The molecule has 1 N–H and O–H groups in total. The number of anilines is 5. The van der Waals surface area contributed by atoms with Gasteiger partial charge in [0.15, 0.2) is 62.0 Å². The molecule has 0 amide bonds. The Morgan fingerprint density at radius 1 is 0.385 bits per heavy atom. The van der Waals surface area contributed by atoms with Crippen LogP contribution in [0.4, 0.5) is 28.4 Å². The van der Waals surface area contributed by atoms with Gasteiger partial charge in [-0.05, 0) is 0 Å². The van der Waals surface area contributed by atoms with Crippen LogP contribution in [0.15, 0.2) is 123 Å². The molecule has 0 radical (unpaired) electrons. The third-order valence-corrected chi connectivity index (χ3v) is 5.90. The minimum absolute atomic E-state index is 0. The fourth-order valence-electron chi connectivity index (χ4n) is 3.71. The minimum Gasteiger partial charge on any atom is -1.00 e. The summed E-state index contributed by atoms with van der Waals surface area (Å²) >= 11 is 0. The molecule has 0 aliphatic carbocycles. The van der Waals surface area contributed by atoms with E-state index in [9.17, 15) is 0 Å². The van der Waals surface area contributed by atoms with Crippen LogP contribution in [-0.4, -0.2) is 0 Å². The van der Waals surface area contributed by atoms with Gasteiger partial charge in [-0.15, -0.1) is 0 Å². The van der Waals surface area contributed by atoms with Crippen molar-refractivity contribution >= 4 is 28.4 Å². The first-order valence-corrected chi connectivity index (χ1v) is 12.2. The lowest BCUT2D eigenvalue weighted by atomic mass is 10.2. The molecule has 5 aromatic rings. The van der Waals surface area contributed by atoms with Crippen molar-refractivity contribution in [1.29, 1.82) is 0 Å². The van der Waals surface area contributed by atoms with Gasteiger partial charge in [-0.2, -0.15) is 0 Å². The zero-order valence-corrected chi connectivity index (χ0v) is 24.5. The van der Waals surface area contributed by atoms with E-state index in [0.717, 1.165) is 28.4 Å². The smallest absolute Gasteiger partial charge is 0.170 e. The summed E-state index contributed by atoms with van der Waals surface area (Å²) < 4.78 is 10.1. The van der Waals surface area contributed by atoms with Crippen molar-refractivity contribution < 1.29 is 47.6 Å². The van der Waals surface area contributed by atoms with Crippen LogP contribution in [0.5, 0.6) is 0 Å². The lowest BCUT2D eigenvalue weighted by Crippen LogP contribution is -3.00. The van der Waals surface area contributed by atoms with Gasteiger partial charge in [0.1, 0.15) is 35.2 Å². The molecular weight excluding hydrogens is 529 g/mol. The van der Waals surface area contributed by atoms with Gasteiger partial charge < -0.3 is 35.0 Å².